The molecule has 0 aliphatic rings. The van der Waals surface area contributed by atoms with E-state index in [9.17, 15) is 9.59 Å². The Kier molecular flexibility index (Phi) is 11.8. The Hall–Kier alpha value is -5.26. The van der Waals surface area contributed by atoms with Crippen LogP contribution in [-0.2, 0) is 21.6 Å². The molecular weight excluding hydrogens is 630 g/mol. The maximum atomic E-state index is 13.4. The van der Waals surface area contributed by atoms with Crippen LogP contribution in [0.1, 0.15) is 50.9 Å². The molecule has 3 N–H and O–H groups in total. The predicted octanol–water partition coefficient (Wildman–Crippen LogP) is 7.55. The molecule has 0 spiro atoms. The molecule has 11 heteroatoms. The molecule has 0 radical (unpaired) electrons. The number of pyridine rings is 1. The lowest BCUT2D eigenvalue weighted by molar-refractivity contribution is -0.117. The van der Waals surface area contributed by atoms with E-state index in [4.69, 9.17) is 14.6 Å². The summed E-state index contributed by atoms with van der Waals surface area (Å²) in [6.45, 7) is 13.0. The number of hydrogen-bond acceptors (Lipinski definition) is 7. The summed E-state index contributed by atoms with van der Waals surface area (Å²) >= 11 is 0. The second kappa shape index (κ2) is 16.4. The lowest BCUT2D eigenvalue weighted by Gasteiger charge is -2.20. The van der Waals surface area contributed by atoms with Crippen molar-refractivity contribution in [2.45, 2.75) is 53.1 Å². The molecule has 5 rings (SSSR count). The lowest BCUT2D eigenvalue weighted by atomic mass is 9.92. The SMILES string of the molecule is CCCN(CCOC)CC(=O)Nc1cc(COc2ccc(NC(=O)Nc3cc(C(C)(C)C)nn3-c3ccc(C)cc3)c3ccccc23)ccn1. The van der Waals surface area contributed by atoms with Crippen molar-refractivity contribution in [3.8, 4) is 11.4 Å². The predicted molar refractivity (Wildman–Crippen MR) is 199 cm³/mol. The lowest BCUT2D eigenvalue weighted by Crippen LogP contribution is -2.36. The summed E-state index contributed by atoms with van der Waals surface area (Å²) in [6.07, 6.45) is 2.60. The van der Waals surface area contributed by atoms with Crippen molar-refractivity contribution in [1.82, 2.24) is 19.7 Å². The number of fused-ring (bicyclic) bond motifs is 1. The fraction of sp³-hybridized carbons (Fsp3) is 0.333. The fourth-order valence-corrected chi connectivity index (χ4v) is 5.48. The first-order valence-corrected chi connectivity index (χ1v) is 16.9. The van der Waals surface area contributed by atoms with Crippen LogP contribution in [0.5, 0.6) is 5.75 Å². The number of carbonyl (C=O) groups is 2. The second-order valence-corrected chi connectivity index (χ2v) is 13.3. The fourth-order valence-electron chi connectivity index (χ4n) is 5.48. The normalized spacial score (nSPS) is 11.5. The summed E-state index contributed by atoms with van der Waals surface area (Å²) < 4.78 is 13.2. The van der Waals surface area contributed by atoms with Gasteiger partial charge in [-0.25, -0.2) is 14.5 Å². The molecule has 5 aromatic rings. The molecule has 0 bridgehead atoms. The zero-order valence-electron chi connectivity index (χ0n) is 29.7. The van der Waals surface area contributed by atoms with Crippen molar-refractivity contribution < 1.29 is 19.1 Å². The zero-order chi connectivity index (χ0) is 35.7. The van der Waals surface area contributed by atoms with Gasteiger partial charge in [-0.2, -0.15) is 5.10 Å². The Labute approximate surface area is 294 Å². The highest BCUT2D eigenvalue weighted by Crippen LogP contribution is 2.33. The molecule has 0 atom stereocenters. The van der Waals surface area contributed by atoms with Crippen LogP contribution < -0.4 is 20.7 Å². The van der Waals surface area contributed by atoms with Crippen LogP contribution in [0.4, 0.5) is 22.1 Å². The molecule has 2 heterocycles. The number of rotatable bonds is 14. The molecule has 0 saturated heterocycles. The summed E-state index contributed by atoms with van der Waals surface area (Å²) in [5, 5.41) is 15.4. The average molecular weight is 678 g/mol. The van der Waals surface area contributed by atoms with Gasteiger partial charge in [-0.1, -0.05) is 69.7 Å². The van der Waals surface area contributed by atoms with Gasteiger partial charge in [0, 0.05) is 42.1 Å². The Morgan fingerprint density at radius 2 is 1.66 bits per heavy atom. The molecule has 0 aliphatic carbocycles. The third-order valence-corrected chi connectivity index (χ3v) is 8.14. The minimum Gasteiger partial charge on any atom is -0.488 e. The van der Waals surface area contributed by atoms with E-state index in [-0.39, 0.29) is 30.5 Å². The van der Waals surface area contributed by atoms with E-state index >= 15 is 0 Å². The van der Waals surface area contributed by atoms with E-state index in [0.29, 0.717) is 36.2 Å². The van der Waals surface area contributed by atoms with Crippen molar-refractivity contribution in [3.05, 3.63) is 102 Å². The molecule has 0 saturated carbocycles. The van der Waals surface area contributed by atoms with Crippen molar-refractivity contribution in [2.75, 3.05) is 49.3 Å². The number of benzene rings is 3. The third kappa shape index (κ3) is 9.46. The summed E-state index contributed by atoms with van der Waals surface area (Å²) in [7, 11) is 1.66. The first-order valence-electron chi connectivity index (χ1n) is 16.9. The Balaban J connectivity index is 1.27. The van der Waals surface area contributed by atoms with Gasteiger partial charge in [-0.3, -0.25) is 15.0 Å². The maximum absolute atomic E-state index is 13.4. The van der Waals surface area contributed by atoms with Crippen LogP contribution in [0.25, 0.3) is 16.5 Å². The molecule has 262 valence electrons. The first-order chi connectivity index (χ1) is 24.0. The van der Waals surface area contributed by atoms with Gasteiger partial charge in [0.25, 0.3) is 0 Å². The standard InChI is InChI=1S/C39H47N7O4/c1-7-20-45(21-22-49-6)25-37(47)42-35-23-28(18-19-40-35)26-50-33-17-16-32(30-10-8-9-11-31(30)33)41-38(48)43-36-24-34(39(3,4)5)44-46(36)29-14-12-27(2)13-15-29/h8-19,23-24H,7,20-22,25-26H2,1-6H3,(H,40,42,47)(H2,41,43,48). The number of aryl methyl sites for hydroxylation is 1. The van der Waals surface area contributed by atoms with Gasteiger partial charge in [0.2, 0.25) is 5.91 Å². The van der Waals surface area contributed by atoms with E-state index in [2.05, 4.69) is 53.5 Å². The summed E-state index contributed by atoms with van der Waals surface area (Å²) in [4.78, 5) is 32.5. The molecule has 0 aliphatic heterocycles. The highest BCUT2D eigenvalue weighted by atomic mass is 16.5. The number of anilines is 3. The number of urea groups is 1. The van der Waals surface area contributed by atoms with Gasteiger partial charge >= 0.3 is 6.03 Å². The van der Waals surface area contributed by atoms with Gasteiger partial charge in [0.15, 0.2) is 0 Å². The molecule has 11 nitrogen and oxygen atoms in total. The Morgan fingerprint density at radius 1 is 0.900 bits per heavy atom. The Bertz CT molecular complexity index is 1910. The zero-order valence-corrected chi connectivity index (χ0v) is 29.7. The number of aromatic nitrogens is 3. The summed E-state index contributed by atoms with van der Waals surface area (Å²) in [6, 6.07) is 24.6. The van der Waals surface area contributed by atoms with Crippen LogP contribution in [0.2, 0.25) is 0 Å². The monoisotopic (exact) mass is 677 g/mol. The Morgan fingerprint density at radius 3 is 2.38 bits per heavy atom. The minimum atomic E-state index is -0.389. The molecule has 3 aromatic carbocycles. The number of hydrogen-bond donors (Lipinski definition) is 3. The van der Waals surface area contributed by atoms with Gasteiger partial charge in [0.05, 0.1) is 30.2 Å². The van der Waals surface area contributed by atoms with Crippen LogP contribution in [0.15, 0.2) is 85.1 Å². The van der Waals surface area contributed by atoms with Crippen LogP contribution in [0, 0.1) is 6.92 Å². The van der Waals surface area contributed by atoms with Gasteiger partial charge in [-0.15, -0.1) is 0 Å². The second-order valence-electron chi connectivity index (χ2n) is 13.3. The molecule has 3 amide bonds. The molecule has 0 unspecified atom stereocenters. The number of carbonyl (C=O) groups excluding carboxylic acids is 2. The largest absolute Gasteiger partial charge is 0.488 e. The van der Waals surface area contributed by atoms with E-state index < -0.39 is 0 Å². The van der Waals surface area contributed by atoms with Crippen molar-refractivity contribution in [2.24, 2.45) is 0 Å². The van der Waals surface area contributed by atoms with Gasteiger partial charge < -0.3 is 20.1 Å². The van der Waals surface area contributed by atoms with E-state index in [0.717, 1.165) is 46.2 Å². The molecule has 0 fully saturated rings. The number of methoxy groups -OCH3 is 1. The smallest absolute Gasteiger partial charge is 0.324 e. The van der Waals surface area contributed by atoms with Crippen LogP contribution in [-0.4, -0.2) is 65.0 Å². The van der Waals surface area contributed by atoms with Gasteiger partial charge in [0.1, 0.15) is 24.0 Å². The van der Waals surface area contributed by atoms with Gasteiger partial charge in [-0.05, 0) is 61.9 Å². The highest BCUT2D eigenvalue weighted by molar-refractivity contribution is 6.07. The average Bonchev–Trinajstić information content (AvgIpc) is 3.51. The van der Waals surface area contributed by atoms with Crippen molar-refractivity contribution in [3.63, 3.8) is 0 Å². The van der Waals surface area contributed by atoms with E-state index in [1.54, 1.807) is 18.0 Å². The van der Waals surface area contributed by atoms with Crippen LogP contribution in [0.3, 0.4) is 0 Å². The third-order valence-electron chi connectivity index (χ3n) is 8.14. The maximum Gasteiger partial charge on any atom is 0.324 e. The minimum absolute atomic E-state index is 0.132. The number of nitrogens with zero attached hydrogens (tertiary/aromatic N) is 4. The number of nitrogens with one attached hydrogen (secondary N) is 3. The summed E-state index contributed by atoms with van der Waals surface area (Å²) in [5.41, 5.74) is 4.14. The first kappa shape index (κ1) is 36.0. The van der Waals surface area contributed by atoms with Crippen molar-refractivity contribution >= 4 is 40.0 Å². The highest BCUT2D eigenvalue weighted by Gasteiger charge is 2.22. The molecule has 2 aromatic heterocycles. The van der Waals surface area contributed by atoms with E-state index in [1.165, 1.54) is 0 Å². The topological polar surface area (TPSA) is 123 Å². The molecule has 50 heavy (non-hydrogen) atoms. The quantitative estimate of drug-likeness (QED) is 0.111. The number of amides is 3. The summed E-state index contributed by atoms with van der Waals surface area (Å²) in [5.74, 6) is 1.56. The van der Waals surface area contributed by atoms with Crippen LogP contribution >= 0.6 is 0 Å². The van der Waals surface area contributed by atoms with Crippen molar-refractivity contribution in [1.29, 1.82) is 0 Å². The molecular formula is C39H47N7O4. The van der Waals surface area contributed by atoms with E-state index in [1.807, 2.05) is 85.8 Å². The number of ether oxygens (including phenoxy) is 2.